The largest absolute Gasteiger partial charge is 0.351 e. The Bertz CT molecular complexity index is 711. The molecule has 114 valence electrons. The van der Waals surface area contributed by atoms with Crippen molar-refractivity contribution in [2.24, 2.45) is 0 Å². The first kappa shape index (κ1) is 13.4. The maximum Gasteiger partial charge on any atom is 0.225 e. The molecule has 0 atom stereocenters. The minimum Gasteiger partial charge on any atom is -0.351 e. The molecule has 0 amide bonds. The third-order valence-electron chi connectivity index (χ3n) is 3.85. The van der Waals surface area contributed by atoms with Gasteiger partial charge in [0.25, 0.3) is 0 Å². The average Bonchev–Trinajstić information content (AvgIpc) is 3.35. The highest BCUT2D eigenvalue weighted by Gasteiger charge is 2.28. The van der Waals surface area contributed by atoms with E-state index >= 15 is 0 Å². The second-order valence-corrected chi connectivity index (χ2v) is 5.94. The molecule has 0 radical (unpaired) electrons. The molecule has 6 heteroatoms. The van der Waals surface area contributed by atoms with E-state index in [1.54, 1.807) is 0 Å². The van der Waals surface area contributed by atoms with Crippen molar-refractivity contribution in [1.82, 2.24) is 9.97 Å². The summed E-state index contributed by atoms with van der Waals surface area (Å²) in [5, 5.41) is 6.20. The van der Waals surface area contributed by atoms with Crippen LogP contribution in [0.4, 0.5) is 26.2 Å². The molecule has 2 fully saturated rings. The number of nitrogens with one attached hydrogen (secondary N) is 2. The Morgan fingerprint density at radius 2 is 1.82 bits per heavy atom. The molecule has 2 saturated carbocycles. The van der Waals surface area contributed by atoms with Crippen molar-refractivity contribution in [3.05, 3.63) is 41.6 Å². The molecule has 2 aromatic rings. The summed E-state index contributed by atoms with van der Waals surface area (Å²) in [7, 11) is 0. The lowest BCUT2D eigenvalue weighted by Gasteiger charge is -2.11. The molecule has 2 aliphatic carbocycles. The SMILES string of the molecule is Fc1ccc(Nc2cc(C3CC3)nc(NC3CC3)n2)c(F)c1. The molecule has 2 aliphatic rings. The van der Waals surface area contributed by atoms with Crippen molar-refractivity contribution in [3.63, 3.8) is 0 Å². The fraction of sp³-hybridized carbons (Fsp3) is 0.375. The van der Waals surface area contributed by atoms with Gasteiger partial charge in [-0.25, -0.2) is 13.8 Å². The lowest BCUT2D eigenvalue weighted by Crippen LogP contribution is -2.08. The van der Waals surface area contributed by atoms with Gasteiger partial charge in [0.1, 0.15) is 17.5 Å². The number of anilines is 3. The molecule has 22 heavy (non-hydrogen) atoms. The van der Waals surface area contributed by atoms with Crippen LogP contribution in [0, 0.1) is 11.6 Å². The molecule has 1 heterocycles. The fourth-order valence-electron chi connectivity index (χ4n) is 2.32. The molecule has 2 N–H and O–H groups in total. The standard InChI is InChI=1S/C16H16F2N4/c17-10-3-6-13(12(18)7-10)20-15-8-14(9-1-2-9)21-16(22-15)19-11-4-5-11/h3,6-9,11H,1-2,4-5H2,(H2,19,20,21,22). The molecule has 0 aliphatic heterocycles. The van der Waals surface area contributed by atoms with Crippen LogP contribution in [0.15, 0.2) is 24.3 Å². The van der Waals surface area contributed by atoms with E-state index < -0.39 is 11.6 Å². The van der Waals surface area contributed by atoms with Crippen LogP contribution in [0.3, 0.4) is 0 Å². The summed E-state index contributed by atoms with van der Waals surface area (Å²) >= 11 is 0. The Morgan fingerprint density at radius 1 is 1.00 bits per heavy atom. The van der Waals surface area contributed by atoms with Gasteiger partial charge >= 0.3 is 0 Å². The lowest BCUT2D eigenvalue weighted by atomic mass is 10.2. The van der Waals surface area contributed by atoms with Gasteiger partial charge < -0.3 is 10.6 Å². The van der Waals surface area contributed by atoms with Gasteiger partial charge in [0.15, 0.2) is 0 Å². The molecule has 0 spiro atoms. The molecule has 1 aromatic carbocycles. The zero-order valence-electron chi connectivity index (χ0n) is 11.9. The van der Waals surface area contributed by atoms with Crippen molar-refractivity contribution >= 4 is 17.5 Å². The minimum absolute atomic E-state index is 0.208. The Labute approximate surface area is 127 Å². The van der Waals surface area contributed by atoms with Crippen LogP contribution in [0.1, 0.15) is 37.3 Å². The van der Waals surface area contributed by atoms with Crippen molar-refractivity contribution in [2.75, 3.05) is 10.6 Å². The van der Waals surface area contributed by atoms with E-state index in [0.717, 1.165) is 37.4 Å². The number of hydrogen-bond donors (Lipinski definition) is 2. The maximum atomic E-state index is 13.8. The van der Waals surface area contributed by atoms with Gasteiger partial charge in [-0.1, -0.05) is 0 Å². The fourth-order valence-corrected chi connectivity index (χ4v) is 2.32. The number of aromatic nitrogens is 2. The van der Waals surface area contributed by atoms with Gasteiger partial charge in [0.05, 0.1) is 11.4 Å². The number of nitrogens with zero attached hydrogens (tertiary/aromatic N) is 2. The van der Waals surface area contributed by atoms with Crippen LogP contribution >= 0.6 is 0 Å². The van der Waals surface area contributed by atoms with E-state index in [-0.39, 0.29) is 5.69 Å². The van der Waals surface area contributed by atoms with Crippen LogP contribution in [0.2, 0.25) is 0 Å². The maximum absolute atomic E-state index is 13.8. The minimum atomic E-state index is -0.636. The summed E-state index contributed by atoms with van der Waals surface area (Å²) in [6.45, 7) is 0. The summed E-state index contributed by atoms with van der Waals surface area (Å²) in [5.41, 5.74) is 1.18. The average molecular weight is 302 g/mol. The van der Waals surface area contributed by atoms with Crippen molar-refractivity contribution in [1.29, 1.82) is 0 Å². The highest BCUT2D eigenvalue weighted by Crippen LogP contribution is 2.40. The third-order valence-corrected chi connectivity index (χ3v) is 3.85. The second kappa shape index (κ2) is 5.19. The third kappa shape index (κ3) is 3.00. The highest BCUT2D eigenvalue weighted by molar-refractivity contribution is 5.58. The zero-order chi connectivity index (χ0) is 15.1. The summed E-state index contributed by atoms with van der Waals surface area (Å²) < 4.78 is 26.7. The Hall–Kier alpha value is -2.24. The molecule has 4 rings (SSSR count). The molecule has 0 bridgehead atoms. The number of halogens is 2. The lowest BCUT2D eigenvalue weighted by molar-refractivity contribution is 0.586. The van der Waals surface area contributed by atoms with Crippen LogP contribution in [-0.4, -0.2) is 16.0 Å². The van der Waals surface area contributed by atoms with E-state index in [1.807, 2.05) is 6.07 Å². The molecule has 0 saturated heterocycles. The molecular formula is C16H16F2N4. The monoisotopic (exact) mass is 302 g/mol. The Kier molecular flexibility index (Phi) is 3.17. The Morgan fingerprint density at radius 3 is 2.50 bits per heavy atom. The Balaban J connectivity index is 1.62. The quantitative estimate of drug-likeness (QED) is 0.878. The second-order valence-electron chi connectivity index (χ2n) is 5.94. The van der Waals surface area contributed by atoms with E-state index in [4.69, 9.17) is 0 Å². The van der Waals surface area contributed by atoms with E-state index in [0.29, 0.717) is 23.7 Å². The van der Waals surface area contributed by atoms with Gasteiger partial charge in [0.2, 0.25) is 5.95 Å². The van der Waals surface area contributed by atoms with Gasteiger partial charge in [-0.3, -0.25) is 0 Å². The number of rotatable bonds is 5. The molecule has 0 unspecified atom stereocenters. The van der Waals surface area contributed by atoms with Gasteiger partial charge in [-0.05, 0) is 37.8 Å². The first-order valence-corrected chi connectivity index (χ1v) is 7.55. The molecular weight excluding hydrogens is 286 g/mol. The smallest absolute Gasteiger partial charge is 0.225 e. The van der Waals surface area contributed by atoms with E-state index in [9.17, 15) is 8.78 Å². The topological polar surface area (TPSA) is 49.8 Å². The van der Waals surface area contributed by atoms with Crippen molar-refractivity contribution in [3.8, 4) is 0 Å². The summed E-state index contributed by atoms with van der Waals surface area (Å²) in [5.74, 6) is 0.354. The van der Waals surface area contributed by atoms with Gasteiger partial charge in [-0.15, -0.1) is 0 Å². The molecule has 4 nitrogen and oxygen atoms in total. The van der Waals surface area contributed by atoms with Crippen LogP contribution < -0.4 is 10.6 Å². The number of hydrogen-bond acceptors (Lipinski definition) is 4. The molecule has 1 aromatic heterocycles. The normalized spacial score (nSPS) is 17.4. The predicted octanol–water partition coefficient (Wildman–Crippen LogP) is 3.95. The zero-order valence-corrected chi connectivity index (χ0v) is 11.9. The predicted molar refractivity (Wildman–Crippen MR) is 80.3 cm³/mol. The van der Waals surface area contributed by atoms with Crippen LogP contribution in [-0.2, 0) is 0 Å². The van der Waals surface area contributed by atoms with E-state index in [2.05, 4.69) is 20.6 Å². The van der Waals surface area contributed by atoms with Crippen LogP contribution in [0.5, 0.6) is 0 Å². The summed E-state index contributed by atoms with van der Waals surface area (Å²) in [6, 6.07) is 5.74. The van der Waals surface area contributed by atoms with Gasteiger partial charge in [-0.2, -0.15) is 4.98 Å². The van der Waals surface area contributed by atoms with E-state index in [1.165, 1.54) is 12.1 Å². The van der Waals surface area contributed by atoms with Crippen LogP contribution in [0.25, 0.3) is 0 Å². The first-order chi connectivity index (χ1) is 10.7. The summed E-state index contributed by atoms with van der Waals surface area (Å²) in [4.78, 5) is 8.93. The highest BCUT2D eigenvalue weighted by atomic mass is 19.1. The summed E-state index contributed by atoms with van der Waals surface area (Å²) in [6.07, 6.45) is 4.52. The van der Waals surface area contributed by atoms with Crippen molar-refractivity contribution in [2.45, 2.75) is 37.6 Å². The van der Waals surface area contributed by atoms with Crippen molar-refractivity contribution < 1.29 is 8.78 Å². The number of benzene rings is 1. The van der Waals surface area contributed by atoms with Gasteiger partial charge in [0, 0.05) is 24.1 Å². The first-order valence-electron chi connectivity index (χ1n) is 7.55.